The Bertz CT molecular complexity index is 622. The van der Waals surface area contributed by atoms with Crippen molar-refractivity contribution in [3.05, 3.63) is 41.7 Å². The van der Waals surface area contributed by atoms with Gasteiger partial charge in [-0.25, -0.2) is 0 Å². The van der Waals surface area contributed by atoms with Crippen LogP contribution in [-0.4, -0.2) is 35.9 Å². The van der Waals surface area contributed by atoms with Gasteiger partial charge in [-0.3, -0.25) is 9.59 Å². The van der Waals surface area contributed by atoms with E-state index in [2.05, 4.69) is 0 Å². The van der Waals surface area contributed by atoms with Gasteiger partial charge >= 0.3 is 11.9 Å². The van der Waals surface area contributed by atoms with Crippen LogP contribution in [0.3, 0.4) is 0 Å². The van der Waals surface area contributed by atoms with E-state index >= 15 is 0 Å². The van der Waals surface area contributed by atoms with Gasteiger partial charge in [-0.15, -0.1) is 0 Å². The van der Waals surface area contributed by atoms with Gasteiger partial charge in [0.05, 0.1) is 6.26 Å². The van der Waals surface area contributed by atoms with Gasteiger partial charge in [0.25, 0.3) is 0 Å². The number of phenols is 1. The van der Waals surface area contributed by atoms with E-state index in [4.69, 9.17) is 14.2 Å². The molecular weight excluding hydrogens is 300 g/mol. The van der Waals surface area contributed by atoms with E-state index in [0.717, 1.165) is 5.56 Å². The molecule has 2 rings (SSSR count). The van der Waals surface area contributed by atoms with Gasteiger partial charge in [0, 0.05) is 25.3 Å². The molecule has 1 aromatic rings. The largest absolute Gasteiger partial charge is 0.508 e. The van der Waals surface area contributed by atoms with Gasteiger partial charge < -0.3 is 19.3 Å². The number of esters is 2. The van der Waals surface area contributed by atoms with Crippen LogP contribution in [0.5, 0.6) is 5.75 Å². The fourth-order valence-electron chi connectivity index (χ4n) is 2.55. The smallest absolute Gasteiger partial charge is 0.303 e. The molecule has 0 amide bonds. The molecule has 0 bridgehead atoms. The Hall–Kier alpha value is -2.50. The topological polar surface area (TPSA) is 82.1 Å². The Labute approximate surface area is 134 Å². The number of phenolic OH excluding ortho intramolecular Hbond substituents is 1. The molecule has 6 nitrogen and oxygen atoms in total. The highest BCUT2D eigenvalue weighted by Gasteiger charge is 2.37. The maximum Gasteiger partial charge on any atom is 0.303 e. The quantitative estimate of drug-likeness (QED) is 0.856. The standard InChI is InChI=1S/C17H20O6/c1-10-4-5-15(20)14(8-10)13-6-7-21-16(9-22-11(2)18)17(13)23-12(3)19/h4-8,13,16-17,20H,9H2,1-3H3/t13-,16+,17-/m0/s1. The summed E-state index contributed by atoms with van der Waals surface area (Å²) in [4.78, 5) is 22.5. The number of benzene rings is 1. The molecule has 124 valence electrons. The van der Waals surface area contributed by atoms with Crippen LogP contribution in [0.2, 0.25) is 0 Å². The van der Waals surface area contributed by atoms with Crippen molar-refractivity contribution >= 4 is 11.9 Å². The SMILES string of the molecule is CC(=O)OC[C@H]1OC=C[C@@H](c2cc(C)ccc2O)[C@@H]1OC(C)=O. The number of aryl methyl sites for hydroxylation is 1. The van der Waals surface area contributed by atoms with Gasteiger partial charge in [-0.1, -0.05) is 17.7 Å². The molecule has 23 heavy (non-hydrogen) atoms. The number of carbonyl (C=O) groups excluding carboxylic acids is 2. The molecule has 0 fully saturated rings. The van der Waals surface area contributed by atoms with E-state index in [1.54, 1.807) is 18.2 Å². The lowest BCUT2D eigenvalue weighted by Gasteiger charge is -2.34. The number of ether oxygens (including phenoxy) is 3. The first-order valence-corrected chi connectivity index (χ1v) is 7.30. The second-order valence-electron chi connectivity index (χ2n) is 5.47. The van der Waals surface area contributed by atoms with Crippen molar-refractivity contribution in [2.24, 2.45) is 0 Å². The number of carbonyl (C=O) groups is 2. The van der Waals surface area contributed by atoms with E-state index in [1.165, 1.54) is 20.1 Å². The Morgan fingerprint density at radius 2 is 2.00 bits per heavy atom. The van der Waals surface area contributed by atoms with Crippen molar-refractivity contribution in [1.82, 2.24) is 0 Å². The van der Waals surface area contributed by atoms with Gasteiger partial charge in [-0.05, 0) is 19.1 Å². The van der Waals surface area contributed by atoms with Crippen molar-refractivity contribution in [1.29, 1.82) is 0 Å². The van der Waals surface area contributed by atoms with Gasteiger partial charge in [0.15, 0.2) is 12.2 Å². The van der Waals surface area contributed by atoms with Crippen molar-refractivity contribution < 1.29 is 28.9 Å². The van der Waals surface area contributed by atoms with E-state index < -0.39 is 30.1 Å². The van der Waals surface area contributed by atoms with Crippen molar-refractivity contribution in [2.45, 2.75) is 38.9 Å². The summed E-state index contributed by atoms with van der Waals surface area (Å²) in [5, 5.41) is 10.1. The zero-order chi connectivity index (χ0) is 17.0. The summed E-state index contributed by atoms with van der Waals surface area (Å²) in [7, 11) is 0. The third-order valence-electron chi connectivity index (χ3n) is 3.55. The van der Waals surface area contributed by atoms with Gasteiger partial charge in [0.1, 0.15) is 12.4 Å². The van der Waals surface area contributed by atoms with E-state index in [9.17, 15) is 14.7 Å². The number of hydrogen-bond acceptors (Lipinski definition) is 6. The predicted octanol–water partition coefficient (Wildman–Crippen LogP) is 2.19. The maximum atomic E-state index is 11.5. The normalized spacial score (nSPS) is 23.0. The lowest BCUT2D eigenvalue weighted by molar-refractivity contribution is -0.161. The van der Waals surface area contributed by atoms with Crippen LogP contribution in [0.1, 0.15) is 30.9 Å². The Morgan fingerprint density at radius 1 is 1.26 bits per heavy atom. The Kier molecular flexibility index (Phi) is 5.26. The Balaban J connectivity index is 2.33. The fraction of sp³-hybridized carbons (Fsp3) is 0.412. The van der Waals surface area contributed by atoms with Crippen molar-refractivity contribution in [3.63, 3.8) is 0 Å². The summed E-state index contributed by atoms with van der Waals surface area (Å²) >= 11 is 0. The molecule has 0 radical (unpaired) electrons. The molecule has 0 aromatic heterocycles. The minimum absolute atomic E-state index is 0.0410. The highest BCUT2D eigenvalue weighted by atomic mass is 16.6. The average molecular weight is 320 g/mol. The van der Waals surface area contributed by atoms with Crippen LogP contribution >= 0.6 is 0 Å². The summed E-state index contributed by atoms with van der Waals surface area (Å²) in [5.41, 5.74) is 1.60. The summed E-state index contributed by atoms with van der Waals surface area (Å²) in [6, 6.07) is 5.22. The highest BCUT2D eigenvalue weighted by Crippen LogP contribution is 2.36. The minimum atomic E-state index is -0.704. The van der Waals surface area contributed by atoms with Crippen LogP contribution in [0.15, 0.2) is 30.5 Å². The monoisotopic (exact) mass is 320 g/mol. The first-order chi connectivity index (χ1) is 10.9. The average Bonchev–Trinajstić information content (AvgIpc) is 2.48. The van der Waals surface area contributed by atoms with Crippen molar-refractivity contribution in [3.8, 4) is 5.75 Å². The maximum absolute atomic E-state index is 11.5. The van der Waals surface area contributed by atoms with Crippen molar-refractivity contribution in [2.75, 3.05) is 6.61 Å². The van der Waals surface area contributed by atoms with Crippen LogP contribution < -0.4 is 0 Å². The molecule has 1 aromatic carbocycles. The van der Waals surface area contributed by atoms with Crippen LogP contribution in [-0.2, 0) is 23.8 Å². The van der Waals surface area contributed by atoms with Crippen LogP contribution in [0.4, 0.5) is 0 Å². The first-order valence-electron chi connectivity index (χ1n) is 7.30. The molecule has 1 aliphatic rings. The summed E-state index contributed by atoms with van der Waals surface area (Å²) < 4.78 is 15.8. The number of aromatic hydroxyl groups is 1. The van der Waals surface area contributed by atoms with E-state index in [-0.39, 0.29) is 12.4 Å². The lowest BCUT2D eigenvalue weighted by atomic mass is 9.87. The minimum Gasteiger partial charge on any atom is -0.508 e. The summed E-state index contributed by atoms with van der Waals surface area (Å²) in [6.45, 7) is 4.46. The van der Waals surface area contributed by atoms with Crippen LogP contribution in [0, 0.1) is 6.92 Å². The molecule has 6 heteroatoms. The highest BCUT2D eigenvalue weighted by molar-refractivity contribution is 5.67. The molecule has 3 atom stereocenters. The molecule has 1 aliphatic heterocycles. The summed E-state index contributed by atoms with van der Waals surface area (Å²) in [6.07, 6.45) is 1.84. The van der Waals surface area contributed by atoms with E-state index in [1.807, 2.05) is 13.0 Å². The molecule has 0 aliphatic carbocycles. The molecular formula is C17H20O6. The predicted molar refractivity (Wildman–Crippen MR) is 81.8 cm³/mol. The van der Waals surface area contributed by atoms with Gasteiger partial charge in [0.2, 0.25) is 0 Å². The Morgan fingerprint density at radius 3 is 2.65 bits per heavy atom. The molecule has 1 heterocycles. The second kappa shape index (κ2) is 7.17. The molecule has 0 saturated carbocycles. The third kappa shape index (κ3) is 4.25. The van der Waals surface area contributed by atoms with E-state index in [0.29, 0.717) is 5.56 Å². The molecule has 0 unspecified atom stereocenters. The molecule has 1 N–H and O–H groups in total. The molecule has 0 saturated heterocycles. The lowest BCUT2D eigenvalue weighted by Crippen LogP contribution is -2.42. The number of hydrogen-bond donors (Lipinski definition) is 1. The number of rotatable bonds is 4. The van der Waals surface area contributed by atoms with Gasteiger partial charge in [-0.2, -0.15) is 0 Å². The zero-order valence-corrected chi connectivity index (χ0v) is 13.3. The summed E-state index contributed by atoms with van der Waals surface area (Å²) in [5.74, 6) is -1.21. The van der Waals surface area contributed by atoms with Crippen LogP contribution in [0.25, 0.3) is 0 Å². The third-order valence-corrected chi connectivity index (χ3v) is 3.55. The fourth-order valence-corrected chi connectivity index (χ4v) is 2.55. The second-order valence-corrected chi connectivity index (χ2v) is 5.47. The zero-order valence-electron chi connectivity index (χ0n) is 13.3. The molecule has 0 spiro atoms. The first kappa shape index (κ1) is 16.9.